The van der Waals surface area contributed by atoms with E-state index in [0.29, 0.717) is 19.1 Å². The average molecular weight is 328 g/mol. The van der Waals surface area contributed by atoms with Crippen molar-refractivity contribution in [3.63, 3.8) is 0 Å². The summed E-state index contributed by atoms with van der Waals surface area (Å²) in [6.07, 6.45) is 8.64. The largest absolute Gasteiger partial charge is 0.392 e. The first kappa shape index (κ1) is 17.1. The van der Waals surface area contributed by atoms with E-state index in [4.69, 9.17) is 5.10 Å². The first-order valence-electron chi connectivity index (χ1n) is 9.03. The minimum atomic E-state index is -0.326. The van der Waals surface area contributed by atoms with Crippen LogP contribution in [0.1, 0.15) is 51.1 Å². The highest BCUT2D eigenvalue weighted by Crippen LogP contribution is 2.31. The molecule has 2 heterocycles. The quantitative estimate of drug-likeness (QED) is 0.819. The van der Waals surface area contributed by atoms with Gasteiger partial charge in [-0.15, -0.1) is 0 Å². The molecule has 0 aromatic carbocycles. The highest BCUT2D eigenvalue weighted by Gasteiger charge is 2.21. The number of nitrogens with one attached hydrogen (secondary N) is 1. The Morgan fingerprint density at radius 3 is 2.75 bits per heavy atom. The first-order valence-corrected chi connectivity index (χ1v) is 9.03. The zero-order valence-electron chi connectivity index (χ0n) is 14.7. The highest BCUT2D eigenvalue weighted by molar-refractivity contribution is 5.58. The highest BCUT2D eigenvalue weighted by atomic mass is 16.3. The summed E-state index contributed by atoms with van der Waals surface area (Å²) < 4.78 is 2.13. The number of rotatable bonds is 7. The van der Waals surface area contributed by atoms with Gasteiger partial charge < -0.3 is 10.4 Å². The fourth-order valence-electron chi connectivity index (χ4n) is 3.22. The molecular weight excluding hydrogens is 300 g/mol. The number of hydrogen-bond acceptors (Lipinski definition) is 4. The second kappa shape index (κ2) is 7.90. The topological polar surface area (TPSA) is 63.0 Å². The van der Waals surface area contributed by atoms with Gasteiger partial charge in [0.2, 0.25) is 0 Å². The van der Waals surface area contributed by atoms with E-state index in [2.05, 4.69) is 21.2 Å². The molecule has 0 saturated heterocycles. The van der Waals surface area contributed by atoms with Gasteiger partial charge in [0.1, 0.15) is 5.69 Å². The summed E-state index contributed by atoms with van der Waals surface area (Å²) in [5.74, 6) is 0.258. The van der Waals surface area contributed by atoms with Crippen molar-refractivity contribution in [2.75, 3.05) is 6.54 Å². The van der Waals surface area contributed by atoms with Gasteiger partial charge in [0.15, 0.2) is 0 Å². The molecule has 1 fully saturated rings. The molecule has 3 rings (SSSR count). The average Bonchev–Trinajstić information content (AvgIpc) is 3.25. The number of hydrogen-bond donors (Lipinski definition) is 2. The zero-order valence-corrected chi connectivity index (χ0v) is 14.7. The van der Waals surface area contributed by atoms with Gasteiger partial charge in [-0.1, -0.05) is 32.8 Å². The molecule has 130 valence electrons. The van der Waals surface area contributed by atoms with E-state index in [0.717, 1.165) is 17.0 Å². The van der Waals surface area contributed by atoms with Crippen LogP contribution < -0.4 is 5.32 Å². The Morgan fingerprint density at radius 2 is 2.08 bits per heavy atom. The number of aliphatic hydroxyl groups is 1. The van der Waals surface area contributed by atoms with Crippen LogP contribution in [0.2, 0.25) is 0 Å². The summed E-state index contributed by atoms with van der Waals surface area (Å²) in [7, 11) is 0. The van der Waals surface area contributed by atoms with E-state index in [-0.39, 0.29) is 12.0 Å². The molecule has 0 unspecified atom stereocenters. The van der Waals surface area contributed by atoms with Gasteiger partial charge >= 0.3 is 0 Å². The lowest BCUT2D eigenvalue weighted by Crippen LogP contribution is -2.30. The molecule has 5 heteroatoms. The molecule has 1 aliphatic rings. The van der Waals surface area contributed by atoms with Crippen molar-refractivity contribution in [1.29, 1.82) is 0 Å². The van der Waals surface area contributed by atoms with E-state index in [1.165, 1.54) is 25.7 Å². The van der Waals surface area contributed by atoms with Gasteiger partial charge in [0.05, 0.1) is 17.8 Å². The van der Waals surface area contributed by atoms with Crippen molar-refractivity contribution < 1.29 is 5.11 Å². The summed E-state index contributed by atoms with van der Waals surface area (Å²) >= 11 is 0. The molecule has 1 saturated carbocycles. The number of aliphatic hydroxyl groups excluding tert-OH is 1. The van der Waals surface area contributed by atoms with Crippen LogP contribution in [-0.4, -0.2) is 32.5 Å². The predicted molar refractivity (Wildman–Crippen MR) is 95.5 cm³/mol. The lowest BCUT2D eigenvalue weighted by molar-refractivity contribution is 0.123. The first-order chi connectivity index (χ1) is 11.6. The Morgan fingerprint density at radius 1 is 1.29 bits per heavy atom. The summed E-state index contributed by atoms with van der Waals surface area (Å²) in [6.45, 7) is 5.35. The lowest BCUT2D eigenvalue weighted by atomic mass is 10.1. The van der Waals surface area contributed by atoms with Crippen LogP contribution in [0, 0.1) is 5.92 Å². The van der Waals surface area contributed by atoms with Gasteiger partial charge in [-0.05, 0) is 30.9 Å². The summed E-state index contributed by atoms with van der Waals surface area (Å²) in [5, 5.41) is 18.2. The number of nitrogens with zero attached hydrogens (tertiary/aromatic N) is 3. The molecular formula is C19H28N4O. The Balaban J connectivity index is 1.77. The van der Waals surface area contributed by atoms with E-state index in [1.54, 1.807) is 0 Å². The third kappa shape index (κ3) is 4.02. The SMILES string of the molecule is CC(C)[C@@H](O)CNCc1cn(C2CCCC2)nc1-c1ccccn1. The molecule has 0 radical (unpaired) electrons. The number of pyridine rings is 1. The van der Waals surface area contributed by atoms with E-state index < -0.39 is 0 Å². The smallest absolute Gasteiger partial charge is 0.115 e. The minimum Gasteiger partial charge on any atom is -0.392 e. The van der Waals surface area contributed by atoms with Gasteiger partial charge in [-0.25, -0.2) is 0 Å². The van der Waals surface area contributed by atoms with Crippen molar-refractivity contribution in [2.45, 2.75) is 58.2 Å². The standard InChI is InChI=1S/C19H28N4O/c1-14(2)18(24)12-20-11-15-13-23(16-7-3-4-8-16)22-19(15)17-9-5-6-10-21-17/h5-6,9-10,13-14,16,18,20,24H,3-4,7-8,11-12H2,1-2H3/t18-/m0/s1. The van der Waals surface area contributed by atoms with Crippen LogP contribution in [0.25, 0.3) is 11.4 Å². The van der Waals surface area contributed by atoms with Gasteiger partial charge in [0.25, 0.3) is 0 Å². The normalized spacial score (nSPS) is 16.8. The van der Waals surface area contributed by atoms with Crippen molar-refractivity contribution in [1.82, 2.24) is 20.1 Å². The second-order valence-electron chi connectivity index (χ2n) is 7.08. The van der Waals surface area contributed by atoms with Gasteiger partial charge in [-0.3, -0.25) is 9.67 Å². The molecule has 0 spiro atoms. The molecule has 24 heavy (non-hydrogen) atoms. The van der Waals surface area contributed by atoms with Crippen molar-refractivity contribution >= 4 is 0 Å². The lowest BCUT2D eigenvalue weighted by Gasteiger charge is -2.14. The number of aromatic nitrogens is 3. The molecule has 0 bridgehead atoms. The maximum absolute atomic E-state index is 9.97. The fourth-order valence-corrected chi connectivity index (χ4v) is 3.22. The molecule has 0 aliphatic heterocycles. The van der Waals surface area contributed by atoms with Crippen LogP contribution in [0.4, 0.5) is 0 Å². The Kier molecular flexibility index (Phi) is 5.63. The maximum atomic E-state index is 9.97. The van der Waals surface area contributed by atoms with Crippen LogP contribution in [-0.2, 0) is 6.54 Å². The molecule has 2 N–H and O–H groups in total. The predicted octanol–water partition coefficient (Wildman–Crippen LogP) is 3.17. The monoisotopic (exact) mass is 328 g/mol. The molecule has 1 aliphatic carbocycles. The Bertz CT molecular complexity index is 632. The van der Waals surface area contributed by atoms with Crippen molar-refractivity contribution in [3.05, 3.63) is 36.2 Å². The van der Waals surface area contributed by atoms with Crippen LogP contribution >= 0.6 is 0 Å². The van der Waals surface area contributed by atoms with E-state index >= 15 is 0 Å². The molecule has 0 amide bonds. The summed E-state index contributed by atoms with van der Waals surface area (Å²) in [4.78, 5) is 4.47. The Hall–Kier alpha value is -1.72. The van der Waals surface area contributed by atoms with Gasteiger partial charge in [-0.2, -0.15) is 5.10 Å². The molecule has 5 nitrogen and oxygen atoms in total. The van der Waals surface area contributed by atoms with E-state index in [9.17, 15) is 5.11 Å². The molecule has 2 aromatic rings. The molecule has 1 atom stereocenters. The Labute approximate surface area is 144 Å². The van der Waals surface area contributed by atoms with Gasteiger partial charge in [0, 0.05) is 31.0 Å². The fraction of sp³-hybridized carbons (Fsp3) is 0.579. The zero-order chi connectivity index (χ0) is 16.9. The van der Waals surface area contributed by atoms with E-state index in [1.807, 2.05) is 38.2 Å². The summed E-state index contributed by atoms with van der Waals surface area (Å²) in [5.41, 5.74) is 3.01. The molecule has 2 aromatic heterocycles. The van der Waals surface area contributed by atoms with Crippen LogP contribution in [0.5, 0.6) is 0 Å². The summed E-state index contributed by atoms with van der Waals surface area (Å²) in [6, 6.07) is 6.45. The van der Waals surface area contributed by atoms with Crippen molar-refractivity contribution in [2.24, 2.45) is 5.92 Å². The third-order valence-corrected chi connectivity index (χ3v) is 4.85. The van der Waals surface area contributed by atoms with Crippen LogP contribution in [0.3, 0.4) is 0 Å². The minimum absolute atomic E-state index is 0.258. The maximum Gasteiger partial charge on any atom is 0.115 e. The third-order valence-electron chi connectivity index (χ3n) is 4.85. The second-order valence-corrected chi connectivity index (χ2v) is 7.08. The van der Waals surface area contributed by atoms with Crippen LogP contribution in [0.15, 0.2) is 30.6 Å². The van der Waals surface area contributed by atoms with Crippen molar-refractivity contribution in [3.8, 4) is 11.4 Å².